The van der Waals surface area contributed by atoms with Crippen LogP contribution in [0.25, 0.3) is 5.57 Å². The maximum Gasteiger partial charge on any atom is 0.0544 e. The van der Waals surface area contributed by atoms with Crippen molar-refractivity contribution in [2.45, 2.75) is 51.6 Å². The van der Waals surface area contributed by atoms with Crippen molar-refractivity contribution in [2.75, 3.05) is 13.2 Å². The topological polar surface area (TPSA) is 66.5 Å². The number of aliphatic hydroxyl groups excluding tert-OH is 2. The highest BCUT2D eigenvalue weighted by Crippen LogP contribution is 2.58. The Labute approximate surface area is 163 Å². The Hall–Kier alpha value is -1.16. The molecule has 0 saturated heterocycles. The van der Waals surface area contributed by atoms with Gasteiger partial charge >= 0.3 is 0 Å². The summed E-state index contributed by atoms with van der Waals surface area (Å²) in [6, 6.07) is 10.8. The van der Waals surface area contributed by atoms with Gasteiger partial charge in [0.05, 0.1) is 6.10 Å². The first-order valence-electron chi connectivity index (χ1n) is 10.8. The summed E-state index contributed by atoms with van der Waals surface area (Å²) in [5.41, 5.74) is 9.38. The fraction of sp³-hybridized carbons (Fsp3) is 0.667. The molecule has 2 saturated carbocycles. The SMILES string of the molecule is C[C@]1([C@H]2CC[C@@H]3C(c4ccccc4)=CC[C@H]3[C@@H]2CN)CC[C@H](O)C[C@@H]1CO. The van der Waals surface area contributed by atoms with E-state index in [4.69, 9.17) is 5.73 Å². The molecule has 0 heterocycles. The van der Waals surface area contributed by atoms with E-state index in [-0.39, 0.29) is 24.0 Å². The predicted molar refractivity (Wildman–Crippen MR) is 110 cm³/mol. The summed E-state index contributed by atoms with van der Waals surface area (Å²) in [4.78, 5) is 0. The molecular weight excluding hydrogens is 334 g/mol. The summed E-state index contributed by atoms with van der Waals surface area (Å²) in [5.74, 6) is 2.52. The van der Waals surface area contributed by atoms with Gasteiger partial charge in [0.2, 0.25) is 0 Å². The molecule has 1 aromatic carbocycles. The molecule has 3 aliphatic carbocycles. The molecule has 1 aromatic rings. The van der Waals surface area contributed by atoms with Gasteiger partial charge in [0.15, 0.2) is 0 Å². The van der Waals surface area contributed by atoms with E-state index in [9.17, 15) is 10.2 Å². The molecule has 4 N–H and O–H groups in total. The lowest BCUT2D eigenvalue weighted by Crippen LogP contribution is -2.51. The lowest BCUT2D eigenvalue weighted by Gasteiger charge is -2.54. The Morgan fingerprint density at radius 1 is 1.15 bits per heavy atom. The second kappa shape index (κ2) is 7.69. The van der Waals surface area contributed by atoms with Crippen molar-refractivity contribution >= 4 is 5.57 Å². The van der Waals surface area contributed by atoms with Crippen LogP contribution in [0.15, 0.2) is 36.4 Å². The minimum absolute atomic E-state index is 0.0957. The van der Waals surface area contributed by atoms with E-state index in [1.165, 1.54) is 24.0 Å². The minimum atomic E-state index is -0.249. The number of fused-ring (bicyclic) bond motifs is 1. The van der Waals surface area contributed by atoms with Crippen molar-refractivity contribution in [3.8, 4) is 0 Å². The lowest BCUT2D eigenvalue weighted by molar-refractivity contribution is -0.0804. The monoisotopic (exact) mass is 369 g/mol. The third kappa shape index (κ3) is 3.28. The van der Waals surface area contributed by atoms with E-state index in [0.29, 0.717) is 23.7 Å². The summed E-state index contributed by atoms with van der Waals surface area (Å²) in [6.07, 6.45) is 8.38. The molecule has 3 nitrogen and oxygen atoms in total. The van der Waals surface area contributed by atoms with E-state index in [2.05, 4.69) is 43.3 Å². The van der Waals surface area contributed by atoms with Crippen LogP contribution in [0.2, 0.25) is 0 Å². The Bertz CT molecular complexity index is 672. The van der Waals surface area contributed by atoms with Gasteiger partial charge in [-0.2, -0.15) is 0 Å². The molecule has 0 aliphatic heterocycles. The molecule has 0 aromatic heterocycles. The minimum Gasteiger partial charge on any atom is -0.396 e. The maximum atomic E-state index is 10.1. The summed E-state index contributed by atoms with van der Waals surface area (Å²) in [6.45, 7) is 3.29. The molecule has 0 bridgehead atoms. The van der Waals surface area contributed by atoms with Gasteiger partial charge in [-0.25, -0.2) is 0 Å². The van der Waals surface area contributed by atoms with Gasteiger partial charge in [-0.15, -0.1) is 0 Å². The van der Waals surface area contributed by atoms with Gasteiger partial charge < -0.3 is 15.9 Å². The Morgan fingerprint density at radius 3 is 2.63 bits per heavy atom. The second-order valence-corrected chi connectivity index (χ2v) is 9.43. The zero-order valence-corrected chi connectivity index (χ0v) is 16.6. The first-order valence-corrected chi connectivity index (χ1v) is 10.8. The van der Waals surface area contributed by atoms with E-state index < -0.39 is 0 Å². The molecule has 0 spiro atoms. The molecular formula is C24H35NO2. The van der Waals surface area contributed by atoms with Crippen molar-refractivity contribution < 1.29 is 10.2 Å². The van der Waals surface area contributed by atoms with Gasteiger partial charge in [-0.05, 0) is 91.2 Å². The molecule has 2 fully saturated rings. The third-order valence-corrected chi connectivity index (χ3v) is 8.33. The average molecular weight is 370 g/mol. The summed E-state index contributed by atoms with van der Waals surface area (Å²) < 4.78 is 0. The van der Waals surface area contributed by atoms with Crippen LogP contribution in [0.4, 0.5) is 0 Å². The highest BCUT2D eigenvalue weighted by molar-refractivity contribution is 5.69. The zero-order valence-electron chi connectivity index (χ0n) is 16.6. The van der Waals surface area contributed by atoms with E-state index in [0.717, 1.165) is 32.2 Å². The van der Waals surface area contributed by atoms with Crippen LogP contribution in [0.5, 0.6) is 0 Å². The Morgan fingerprint density at radius 2 is 1.93 bits per heavy atom. The Kier molecular flexibility index (Phi) is 5.46. The molecule has 4 rings (SSSR count). The Balaban J connectivity index is 1.57. The smallest absolute Gasteiger partial charge is 0.0544 e. The van der Waals surface area contributed by atoms with Crippen LogP contribution in [0, 0.1) is 35.0 Å². The molecule has 148 valence electrons. The lowest BCUT2D eigenvalue weighted by atomic mass is 9.51. The van der Waals surface area contributed by atoms with E-state index >= 15 is 0 Å². The van der Waals surface area contributed by atoms with Crippen molar-refractivity contribution in [3.05, 3.63) is 42.0 Å². The van der Waals surface area contributed by atoms with Crippen molar-refractivity contribution in [3.63, 3.8) is 0 Å². The van der Waals surface area contributed by atoms with Crippen LogP contribution in [-0.4, -0.2) is 29.5 Å². The van der Waals surface area contributed by atoms with E-state index in [1.807, 2.05) is 0 Å². The number of benzene rings is 1. The molecule has 0 amide bonds. The summed E-state index contributed by atoms with van der Waals surface area (Å²) in [5, 5.41) is 20.2. The van der Waals surface area contributed by atoms with Crippen molar-refractivity contribution in [2.24, 2.45) is 40.7 Å². The van der Waals surface area contributed by atoms with Crippen LogP contribution in [0.1, 0.15) is 51.0 Å². The van der Waals surface area contributed by atoms with Gasteiger partial charge in [-0.3, -0.25) is 0 Å². The van der Waals surface area contributed by atoms with Crippen LogP contribution in [0.3, 0.4) is 0 Å². The first-order chi connectivity index (χ1) is 13.1. The average Bonchev–Trinajstić information content (AvgIpc) is 3.14. The summed E-state index contributed by atoms with van der Waals surface area (Å²) >= 11 is 0. The fourth-order valence-corrected chi connectivity index (χ4v) is 6.81. The highest BCUT2D eigenvalue weighted by Gasteiger charge is 2.52. The van der Waals surface area contributed by atoms with Gasteiger partial charge in [0.25, 0.3) is 0 Å². The van der Waals surface area contributed by atoms with Crippen LogP contribution in [-0.2, 0) is 0 Å². The maximum absolute atomic E-state index is 10.1. The second-order valence-electron chi connectivity index (χ2n) is 9.43. The van der Waals surface area contributed by atoms with Crippen molar-refractivity contribution in [1.29, 1.82) is 0 Å². The number of allylic oxidation sites excluding steroid dienone is 2. The van der Waals surface area contributed by atoms with Crippen LogP contribution >= 0.6 is 0 Å². The zero-order chi connectivity index (χ0) is 19.0. The molecule has 3 heteroatoms. The largest absolute Gasteiger partial charge is 0.396 e. The quantitative estimate of drug-likeness (QED) is 0.755. The predicted octanol–water partition coefficient (Wildman–Crippen LogP) is 3.85. The van der Waals surface area contributed by atoms with Gasteiger partial charge in [0.1, 0.15) is 0 Å². The standard InChI is InChI=1S/C24H35NO2/c1-24(12-11-18(27)13-17(24)15-26)23-10-9-20-19(16-5-3-2-4-6-16)7-8-21(20)22(23)14-25/h2-7,17-18,20-23,26-27H,8-15,25H2,1H3/t17-,18+,20-,21-,22+,23+,24+/m1/s1. The first kappa shape index (κ1) is 19.2. The molecule has 0 radical (unpaired) electrons. The normalized spacial score (nSPS) is 41.9. The van der Waals surface area contributed by atoms with Gasteiger partial charge in [0, 0.05) is 6.61 Å². The molecule has 0 unspecified atom stereocenters. The van der Waals surface area contributed by atoms with Crippen LogP contribution < -0.4 is 5.73 Å². The molecule has 3 aliphatic rings. The number of hydrogen-bond acceptors (Lipinski definition) is 3. The number of rotatable bonds is 4. The fourth-order valence-electron chi connectivity index (χ4n) is 6.81. The third-order valence-electron chi connectivity index (χ3n) is 8.33. The number of aliphatic hydroxyl groups is 2. The van der Waals surface area contributed by atoms with E-state index in [1.54, 1.807) is 0 Å². The van der Waals surface area contributed by atoms with Crippen molar-refractivity contribution in [1.82, 2.24) is 0 Å². The highest BCUT2D eigenvalue weighted by atomic mass is 16.3. The summed E-state index contributed by atoms with van der Waals surface area (Å²) in [7, 11) is 0. The molecule has 27 heavy (non-hydrogen) atoms. The van der Waals surface area contributed by atoms with Gasteiger partial charge in [-0.1, -0.05) is 43.3 Å². The molecule has 7 atom stereocenters. The number of hydrogen-bond donors (Lipinski definition) is 3. The number of nitrogens with two attached hydrogens (primary N) is 1.